The van der Waals surface area contributed by atoms with E-state index < -0.39 is 0 Å². The lowest BCUT2D eigenvalue weighted by atomic mass is 10.1. The van der Waals surface area contributed by atoms with Gasteiger partial charge in [-0.1, -0.05) is 37.3 Å². The van der Waals surface area contributed by atoms with Crippen LogP contribution >= 0.6 is 11.3 Å². The Kier molecular flexibility index (Phi) is 5.48. The molecule has 1 saturated heterocycles. The molecule has 2 amide bonds. The van der Waals surface area contributed by atoms with Crippen molar-refractivity contribution >= 4 is 17.4 Å². The van der Waals surface area contributed by atoms with Gasteiger partial charge in [-0.3, -0.25) is 4.90 Å². The predicted octanol–water partition coefficient (Wildman–Crippen LogP) is 3.02. The summed E-state index contributed by atoms with van der Waals surface area (Å²) in [4.78, 5) is 18.9. The minimum absolute atomic E-state index is 0.0675. The lowest BCUT2D eigenvalue weighted by Gasteiger charge is -2.19. The Labute approximate surface area is 147 Å². The van der Waals surface area contributed by atoms with Gasteiger partial charge in [0.15, 0.2) is 0 Å². The van der Waals surface area contributed by atoms with Crippen molar-refractivity contribution in [3.05, 3.63) is 52.5 Å². The topological polar surface area (TPSA) is 57.3 Å². The van der Waals surface area contributed by atoms with Gasteiger partial charge in [0.1, 0.15) is 5.01 Å². The first-order valence-corrected chi connectivity index (χ1v) is 9.22. The second kappa shape index (κ2) is 7.77. The zero-order chi connectivity index (χ0) is 16.9. The SMILES string of the molecule is C[C@H](NC(=O)N[C@@H]1CN(Cc2ccccc2)C[C@@H]1C)c1nccs1. The Morgan fingerprint density at radius 2 is 2.17 bits per heavy atom. The van der Waals surface area contributed by atoms with Crippen molar-refractivity contribution < 1.29 is 4.79 Å². The molecule has 0 aliphatic carbocycles. The van der Waals surface area contributed by atoms with E-state index in [2.05, 4.69) is 51.7 Å². The highest BCUT2D eigenvalue weighted by Gasteiger charge is 2.30. The van der Waals surface area contributed by atoms with Crippen LogP contribution < -0.4 is 10.6 Å². The van der Waals surface area contributed by atoms with E-state index in [1.807, 2.05) is 18.4 Å². The number of hydrogen-bond acceptors (Lipinski definition) is 4. The molecule has 0 unspecified atom stereocenters. The third-order valence-electron chi connectivity index (χ3n) is 4.42. The summed E-state index contributed by atoms with van der Waals surface area (Å²) in [7, 11) is 0. The summed E-state index contributed by atoms with van der Waals surface area (Å²) < 4.78 is 0. The third-order valence-corrected chi connectivity index (χ3v) is 5.38. The number of nitrogens with zero attached hydrogens (tertiary/aromatic N) is 2. The van der Waals surface area contributed by atoms with Gasteiger partial charge in [-0.15, -0.1) is 11.3 Å². The highest BCUT2D eigenvalue weighted by atomic mass is 32.1. The monoisotopic (exact) mass is 344 g/mol. The number of aromatic nitrogens is 1. The number of carbonyl (C=O) groups is 1. The fourth-order valence-electron chi connectivity index (χ4n) is 3.14. The largest absolute Gasteiger partial charge is 0.334 e. The van der Waals surface area contributed by atoms with E-state index >= 15 is 0 Å². The summed E-state index contributed by atoms with van der Waals surface area (Å²) in [6.45, 7) is 6.97. The van der Waals surface area contributed by atoms with Gasteiger partial charge < -0.3 is 10.6 Å². The normalized spacial score (nSPS) is 22.2. The molecule has 1 aromatic heterocycles. The minimum Gasteiger partial charge on any atom is -0.334 e. The molecule has 1 aliphatic rings. The zero-order valence-electron chi connectivity index (χ0n) is 14.1. The van der Waals surface area contributed by atoms with Crippen molar-refractivity contribution in [1.29, 1.82) is 0 Å². The maximum Gasteiger partial charge on any atom is 0.315 e. The predicted molar refractivity (Wildman–Crippen MR) is 96.9 cm³/mol. The van der Waals surface area contributed by atoms with Crippen molar-refractivity contribution in [2.75, 3.05) is 13.1 Å². The number of thiazole rings is 1. The molecule has 0 radical (unpaired) electrons. The quantitative estimate of drug-likeness (QED) is 0.876. The molecule has 5 nitrogen and oxygen atoms in total. The van der Waals surface area contributed by atoms with E-state index in [-0.39, 0.29) is 18.1 Å². The molecule has 2 heterocycles. The average Bonchev–Trinajstić information content (AvgIpc) is 3.19. The Bertz CT molecular complexity index is 646. The van der Waals surface area contributed by atoms with Crippen molar-refractivity contribution in [2.24, 2.45) is 5.92 Å². The van der Waals surface area contributed by atoms with Gasteiger partial charge in [-0.05, 0) is 18.4 Å². The van der Waals surface area contributed by atoms with Crippen LogP contribution in [0.2, 0.25) is 0 Å². The fourth-order valence-corrected chi connectivity index (χ4v) is 3.79. The fraction of sp³-hybridized carbons (Fsp3) is 0.444. The molecule has 0 spiro atoms. The van der Waals surface area contributed by atoms with Crippen molar-refractivity contribution in [3.63, 3.8) is 0 Å². The second-order valence-corrected chi connectivity index (χ2v) is 7.40. The first-order chi connectivity index (χ1) is 11.6. The summed E-state index contributed by atoms with van der Waals surface area (Å²) in [6, 6.07) is 10.5. The molecule has 1 fully saturated rings. The number of nitrogens with one attached hydrogen (secondary N) is 2. The maximum absolute atomic E-state index is 12.3. The summed E-state index contributed by atoms with van der Waals surface area (Å²) in [5.41, 5.74) is 1.31. The maximum atomic E-state index is 12.3. The number of amides is 2. The van der Waals surface area contributed by atoms with Gasteiger partial charge in [-0.25, -0.2) is 9.78 Å². The van der Waals surface area contributed by atoms with E-state index in [0.29, 0.717) is 5.92 Å². The molecule has 2 N–H and O–H groups in total. The van der Waals surface area contributed by atoms with Gasteiger partial charge in [0, 0.05) is 37.3 Å². The highest BCUT2D eigenvalue weighted by molar-refractivity contribution is 7.09. The van der Waals surface area contributed by atoms with Gasteiger partial charge in [-0.2, -0.15) is 0 Å². The molecule has 0 saturated carbocycles. The van der Waals surface area contributed by atoms with E-state index in [1.165, 1.54) is 5.56 Å². The van der Waals surface area contributed by atoms with Crippen LogP contribution in [0.15, 0.2) is 41.9 Å². The van der Waals surface area contributed by atoms with Crippen molar-refractivity contribution in [2.45, 2.75) is 32.5 Å². The third kappa shape index (κ3) is 4.33. The summed E-state index contributed by atoms with van der Waals surface area (Å²) in [5, 5.41) is 8.94. The van der Waals surface area contributed by atoms with Crippen LogP contribution in [0.25, 0.3) is 0 Å². The number of rotatable bonds is 5. The van der Waals surface area contributed by atoms with Gasteiger partial charge in [0.25, 0.3) is 0 Å². The van der Waals surface area contributed by atoms with Gasteiger partial charge >= 0.3 is 6.03 Å². The second-order valence-electron chi connectivity index (χ2n) is 6.47. The van der Waals surface area contributed by atoms with Gasteiger partial charge in [0.2, 0.25) is 0 Å². The molecular weight excluding hydrogens is 320 g/mol. The van der Waals surface area contributed by atoms with E-state index in [1.54, 1.807) is 17.5 Å². The average molecular weight is 344 g/mol. The number of benzene rings is 1. The van der Waals surface area contributed by atoms with Crippen LogP contribution in [0, 0.1) is 5.92 Å². The molecule has 3 rings (SSSR count). The molecule has 0 bridgehead atoms. The van der Waals surface area contributed by atoms with Gasteiger partial charge in [0.05, 0.1) is 6.04 Å². The first-order valence-electron chi connectivity index (χ1n) is 8.34. The van der Waals surface area contributed by atoms with E-state index in [9.17, 15) is 4.79 Å². The number of carbonyl (C=O) groups excluding carboxylic acids is 1. The number of likely N-dealkylation sites (tertiary alicyclic amines) is 1. The van der Waals surface area contributed by atoms with Crippen LogP contribution in [0.3, 0.4) is 0 Å². The molecular formula is C18H24N4OS. The van der Waals surface area contributed by atoms with Crippen LogP contribution in [-0.4, -0.2) is 35.0 Å². The summed E-state index contributed by atoms with van der Waals surface area (Å²) in [5.74, 6) is 0.439. The Hall–Kier alpha value is -1.92. The molecule has 24 heavy (non-hydrogen) atoms. The molecule has 1 aromatic carbocycles. The van der Waals surface area contributed by atoms with Crippen LogP contribution in [0.5, 0.6) is 0 Å². The van der Waals surface area contributed by atoms with Crippen LogP contribution in [0.1, 0.15) is 30.5 Å². The number of urea groups is 1. The van der Waals surface area contributed by atoms with Crippen LogP contribution in [0.4, 0.5) is 4.79 Å². The molecule has 6 heteroatoms. The van der Waals surface area contributed by atoms with Crippen LogP contribution in [-0.2, 0) is 6.54 Å². The van der Waals surface area contributed by atoms with Crippen molar-refractivity contribution in [3.8, 4) is 0 Å². The summed E-state index contributed by atoms with van der Waals surface area (Å²) in [6.07, 6.45) is 1.76. The van der Waals surface area contributed by atoms with Crippen molar-refractivity contribution in [1.82, 2.24) is 20.5 Å². The smallest absolute Gasteiger partial charge is 0.315 e. The molecule has 128 valence electrons. The Morgan fingerprint density at radius 3 is 2.88 bits per heavy atom. The zero-order valence-corrected chi connectivity index (χ0v) is 14.9. The highest BCUT2D eigenvalue weighted by Crippen LogP contribution is 2.19. The Balaban J connectivity index is 1.49. The lowest BCUT2D eigenvalue weighted by molar-refractivity contribution is 0.231. The lowest BCUT2D eigenvalue weighted by Crippen LogP contribution is -2.46. The van der Waals surface area contributed by atoms with E-state index in [0.717, 1.165) is 24.6 Å². The first kappa shape index (κ1) is 16.9. The minimum atomic E-state index is -0.115. The summed E-state index contributed by atoms with van der Waals surface area (Å²) >= 11 is 1.56. The number of hydrogen-bond donors (Lipinski definition) is 2. The Morgan fingerprint density at radius 1 is 1.38 bits per heavy atom. The van der Waals surface area contributed by atoms with E-state index in [4.69, 9.17) is 0 Å². The molecule has 1 aliphatic heterocycles. The molecule has 2 aromatic rings. The molecule has 3 atom stereocenters. The standard InChI is InChI=1S/C18H24N4OS/c1-13-10-22(11-15-6-4-3-5-7-15)12-16(13)21-18(23)20-14(2)17-19-8-9-24-17/h3-9,13-14,16H,10-12H2,1-2H3,(H2,20,21,23)/t13-,14-,16+/m0/s1.